The Morgan fingerprint density at radius 2 is 1.78 bits per heavy atom. The van der Waals surface area contributed by atoms with E-state index in [1.165, 1.54) is 18.2 Å². The average molecular weight is 329 g/mol. The molecule has 6 heteroatoms. The van der Waals surface area contributed by atoms with Crippen LogP contribution in [0.5, 0.6) is 0 Å². The van der Waals surface area contributed by atoms with E-state index in [1.807, 2.05) is 31.2 Å². The molecule has 0 fully saturated rings. The molecule has 4 nitrogen and oxygen atoms in total. The molecule has 0 saturated heterocycles. The molecule has 2 rings (SSSR count). The van der Waals surface area contributed by atoms with E-state index < -0.39 is 0 Å². The lowest BCUT2D eigenvalue weighted by Crippen LogP contribution is -2.43. The Balaban J connectivity index is 1.81. The first kappa shape index (κ1) is 16.6. The molecule has 0 unspecified atom stereocenters. The first-order valence-electron chi connectivity index (χ1n) is 6.91. The summed E-state index contributed by atoms with van der Waals surface area (Å²) in [5, 5.41) is 3.03. The highest BCUT2D eigenvalue weighted by Crippen LogP contribution is 2.09. The zero-order valence-electron chi connectivity index (χ0n) is 12.5. The topological polar surface area (TPSA) is 53.2 Å². The van der Waals surface area contributed by atoms with Gasteiger partial charge in [0.1, 0.15) is 5.82 Å². The summed E-state index contributed by atoms with van der Waals surface area (Å²) < 4.78 is 12.8. The number of carbonyl (C=O) groups excluding carboxylic acids is 1. The second-order valence-electron chi connectivity index (χ2n) is 4.77. The number of carbonyl (C=O) groups is 1. The van der Waals surface area contributed by atoms with Gasteiger partial charge in [0, 0.05) is 11.8 Å². The van der Waals surface area contributed by atoms with Crippen molar-refractivity contribution in [1.29, 1.82) is 0 Å². The highest BCUT2D eigenvalue weighted by molar-refractivity contribution is 7.80. The summed E-state index contributed by atoms with van der Waals surface area (Å²) in [6.07, 6.45) is 3.14. The molecule has 0 spiro atoms. The summed E-state index contributed by atoms with van der Waals surface area (Å²) >= 11 is 5.03. The SMILES string of the molecule is Cc1ccccc1/C=C/C(=O)NNC(=S)Nc1ccc(F)cc1. The molecule has 0 saturated carbocycles. The molecule has 118 valence electrons. The first-order chi connectivity index (χ1) is 11.0. The lowest BCUT2D eigenvalue weighted by atomic mass is 10.1. The van der Waals surface area contributed by atoms with Gasteiger partial charge in [-0.2, -0.15) is 0 Å². The lowest BCUT2D eigenvalue weighted by Gasteiger charge is -2.10. The molecule has 23 heavy (non-hydrogen) atoms. The highest BCUT2D eigenvalue weighted by atomic mass is 32.1. The number of amides is 1. The first-order valence-corrected chi connectivity index (χ1v) is 7.31. The van der Waals surface area contributed by atoms with Gasteiger partial charge in [-0.25, -0.2) is 4.39 Å². The largest absolute Gasteiger partial charge is 0.331 e. The van der Waals surface area contributed by atoms with Gasteiger partial charge >= 0.3 is 0 Å². The molecular weight excluding hydrogens is 313 g/mol. The summed E-state index contributed by atoms with van der Waals surface area (Å²) in [5.41, 5.74) is 7.69. The van der Waals surface area contributed by atoms with Crippen molar-refractivity contribution >= 4 is 35.0 Å². The molecule has 3 N–H and O–H groups in total. The van der Waals surface area contributed by atoms with Crippen molar-refractivity contribution in [1.82, 2.24) is 10.9 Å². The van der Waals surface area contributed by atoms with Gasteiger partial charge in [0.05, 0.1) is 0 Å². The minimum absolute atomic E-state index is 0.203. The van der Waals surface area contributed by atoms with Crippen LogP contribution in [0.25, 0.3) is 6.08 Å². The molecule has 0 aliphatic heterocycles. The van der Waals surface area contributed by atoms with E-state index in [0.717, 1.165) is 11.1 Å². The van der Waals surface area contributed by atoms with Crippen molar-refractivity contribution in [2.45, 2.75) is 6.92 Å². The molecule has 0 aromatic heterocycles. The maximum Gasteiger partial charge on any atom is 0.262 e. The Hall–Kier alpha value is -2.73. The fraction of sp³-hybridized carbons (Fsp3) is 0.0588. The van der Waals surface area contributed by atoms with Crippen molar-refractivity contribution < 1.29 is 9.18 Å². The second-order valence-corrected chi connectivity index (χ2v) is 5.17. The number of anilines is 1. The second kappa shape index (κ2) is 8.05. The van der Waals surface area contributed by atoms with Crippen molar-refractivity contribution in [2.24, 2.45) is 0 Å². The number of halogens is 1. The van der Waals surface area contributed by atoms with Crippen molar-refractivity contribution in [2.75, 3.05) is 5.32 Å². The summed E-state index contributed by atoms with van der Waals surface area (Å²) in [4.78, 5) is 11.7. The number of aryl methyl sites for hydroxylation is 1. The van der Waals surface area contributed by atoms with Crippen LogP contribution in [0.2, 0.25) is 0 Å². The van der Waals surface area contributed by atoms with Crippen LogP contribution in [0.4, 0.5) is 10.1 Å². The minimum Gasteiger partial charge on any atom is -0.331 e. The van der Waals surface area contributed by atoms with Gasteiger partial charge in [0.2, 0.25) is 0 Å². The van der Waals surface area contributed by atoms with Crippen LogP contribution in [0.1, 0.15) is 11.1 Å². The molecule has 2 aromatic carbocycles. The molecule has 0 atom stereocenters. The molecule has 0 radical (unpaired) electrons. The van der Waals surface area contributed by atoms with Crippen LogP contribution in [-0.2, 0) is 4.79 Å². The van der Waals surface area contributed by atoms with Crippen molar-refractivity contribution in [3.8, 4) is 0 Å². The number of thiocarbonyl (C=S) groups is 1. The van der Waals surface area contributed by atoms with E-state index >= 15 is 0 Å². The monoisotopic (exact) mass is 329 g/mol. The van der Waals surface area contributed by atoms with Gasteiger partial charge in [-0.1, -0.05) is 24.3 Å². The molecule has 2 aromatic rings. The fourth-order valence-electron chi connectivity index (χ4n) is 1.79. The Morgan fingerprint density at radius 1 is 1.09 bits per heavy atom. The normalized spacial score (nSPS) is 10.3. The molecule has 0 aliphatic rings. The van der Waals surface area contributed by atoms with Crippen LogP contribution < -0.4 is 16.2 Å². The third-order valence-electron chi connectivity index (χ3n) is 3.00. The van der Waals surface area contributed by atoms with Crippen LogP contribution in [0.3, 0.4) is 0 Å². The number of hydrogen-bond donors (Lipinski definition) is 3. The van der Waals surface area contributed by atoms with Gasteiger partial charge in [-0.05, 0) is 60.6 Å². The third kappa shape index (κ3) is 5.52. The third-order valence-corrected chi connectivity index (χ3v) is 3.21. The van der Waals surface area contributed by atoms with Crippen molar-refractivity contribution in [3.63, 3.8) is 0 Å². The van der Waals surface area contributed by atoms with E-state index in [4.69, 9.17) is 12.2 Å². The number of nitrogens with one attached hydrogen (secondary N) is 3. The van der Waals surface area contributed by atoms with Gasteiger partial charge < -0.3 is 5.32 Å². The average Bonchev–Trinajstić information content (AvgIpc) is 2.54. The smallest absolute Gasteiger partial charge is 0.262 e. The Morgan fingerprint density at radius 3 is 2.48 bits per heavy atom. The van der Waals surface area contributed by atoms with Crippen molar-refractivity contribution in [3.05, 3.63) is 71.6 Å². The zero-order valence-corrected chi connectivity index (χ0v) is 13.3. The summed E-state index contributed by atoms with van der Waals surface area (Å²) in [6.45, 7) is 1.97. The molecule has 0 aliphatic carbocycles. The van der Waals surface area contributed by atoms with Gasteiger partial charge in [0.15, 0.2) is 5.11 Å². The lowest BCUT2D eigenvalue weighted by molar-refractivity contribution is -0.116. The quantitative estimate of drug-likeness (QED) is 0.460. The fourth-order valence-corrected chi connectivity index (χ4v) is 1.96. The predicted molar refractivity (Wildman–Crippen MR) is 94.1 cm³/mol. The maximum atomic E-state index is 12.8. The zero-order chi connectivity index (χ0) is 16.7. The van der Waals surface area contributed by atoms with E-state index in [9.17, 15) is 9.18 Å². The molecular formula is C17H16FN3OS. The Bertz CT molecular complexity index is 729. The number of rotatable bonds is 3. The molecule has 1 amide bonds. The number of hydrazine groups is 1. The Kier molecular flexibility index (Phi) is 5.82. The Labute approximate surface area is 139 Å². The molecule has 0 heterocycles. The van der Waals surface area contributed by atoms with E-state index in [0.29, 0.717) is 5.69 Å². The standard InChI is InChI=1S/C17H16FN3OS/c1-12-4-2-3-5-13(12)6-11-16(22)20-21-17(23)19-15-9-7-14(18)8-10-15/h2-11H,1H3,(H,20,22)(H2,19,21,23)/b11-6+. The van der Waals surface area contributed by atoms with Gasteiger partial charge in [-0.15, -0.1) is 0 Å². The number of benzene rings is 2. The van der Waals surface area contributed by atoms with E-state index in [2.05, 4.69) is 16.2 Å². The van der Waals surface area contributed by atoms with Crippen LogP contribution >= 0.6 is 12.2 Å². The minimum atomic E-state index is -0.337. The van der Waals surface area contributed by atoms with Gasteiger partial charge in [0.25, 0.3) is 5.91 Å². The van der Waals surface area contributed by atoms with E-state index in [1.54, 1.807) is 18.2 Å². The molecule has 0 bridgehead atoms. The van der Waals surface area contributed by atoms with E-state index in [-0.39, 0.29) is 16.8 Å². The predicted octanol–water partition coefficient (Wildman–Crippen LogP) is 3.17. The van der Waals surface area contributed by atoms with Crippen LogP contribution in [0.15, 0.2) is 54.6 Å². The van der Waals surface area contributed by atoms with Crippen LogP contribution in [-0.4, -0.2) is 11.0 Å². The maximum absolute atomic E-state index is 12.8. The highest BCUT2D eigenvalue weighted by Gasteiger charge is 2.00. The van der Waals surface area contributed by atoms with Gasteiger partial charge in [-0.3, -0.25) is 15.6 Å². The number of hydrogen-bond acceptors (Lipinski definition) is 2. The summed E-state index contributed by atoms with van der Waals surface area (Å²) in [7, 11) is 0. The summed E-state index contributed by atoms with van der Waals surface area (Å²) in [6, 6.07) is 13.5. The van der Waals surface area contributed by atoms with Crippen LogP contribution in [0, 0.1) is 12.7 Å². The summed E-state index contributed by atoms with van der Waals surface area (Å²) in [5.74, 6) is -0.666.